The Bertz CT molecular complexity index is 633. The van der Waals surface area contributed by atoms with Crippen molar-refractivity contribution in [3.63, 3.8) is 0 Å². The standard InChI is InChI=1S/C16H17NO3/c18-16(19)13-10-15(20-11-6-2-1-3-7-11)17-14-9-5-4-8-12(13)14/h4-5,8-11H,1-3,6-7H2,(H,18,19). The molecule has 1 aromatic carbocycles. The van der Waals surface area contributed by atoms with E-state index in [2.05, 4.69) is 4.98 Å². The van der Waals surface area contributed by atoms with E-state index in [4.69, 9.17) is 4.74 Å². The highest BCUT2D eigenvalue weighted by Gasteiger charge is 2.18. The molecule has 4 heteroatoms. The van der Waals surface area contributed by atoms with Crippen molar-refractivity contribution in [2.75, 3.05) is 0 Å². The molecule has 2 aromatic rings. The third-order valence-electron chi connectivity index (χ3n) is 3.76. The number of rotatable bonds is 3. The second-order valence-electron chi connectivity index (χ2n) is 5.21. The molecule has 0 saturated heterocycles. The van der Waals surface area contributed by atoms with Crippen molar-refractivity contribution in [3.8, 4) is 5.88 Å². The molecule has 0 spiro atoms. The van der Waals surface area contributed by atoms with Crippen LogP contribution in [0.2, 0.25) is 0 Å². The SMILES string of the molecule is O=C(O)c1cc(OC2CCCCC2)nc2ccccc12. The zero-order valence-corrected chi connectivity index (χ0v) is 11.2. The topological polar surface area (TPSA) is 59.4 Å². The summed E-state index contributed by atoms with van der Waals surface area (Å²) in [7, 11) is 0. The number of fused-ring (bicyclic) bond motifs is 1. The van der Waals surface area contributed by atoms with E-state index in [1.54, 1.807) is 12.1 Å². The molecule has 1 aliphatic carbocycles. The fourth-order valence-electron chi connectivity index (χ4n) is 2.74. The van der Waals surface area contributed by atoms with Gasteiger partial charge in [0, 0.05) is 11.5 Å². The minimum absolute atomic E-state index is 0.166. The normalized spacial score (nSPS) is 16.2. The molecule has 0 radical (unpaired) electrons. The first-order valence-electron chi connectivity index (χ1n) is 7.04. The van der Waals surface area contributed by atoms with Crippen LogP contribution in [0.5, 0.6) is 5.88 Å². The third kappa shape index (κ3) is 2.59. The van der Waals surface area contributed by atoms with Gasteiger partial charge in [0.1, 0.15) is 6.10 Å². The highest BCUT2D eigenvalue weighted by molar-refractivity contribution is 6.02. The van der Waals surface area contributed by atoms with Crippen LogP contribution in [0.25, 0.3) is 10.9 Å². The van der Waals surface area contributed by atoms with Gasteiger partial charge in [0.15, 0.2) is 0 Å². The summed E-state index contributed by atoms with van der Waals surface area (Å²) in [6, 6.07) is 8.80. The van der Waals surface area contributed by atoms with Gasteiger partial charge in [-0.25, -0.2) is 9.78 Å². The first-order valence-corrected chi connectivity index (χ1v) is 7.04. The summed E-state index contributed by atoms with van der Waals surface area (Å²) in [6.45, 7) is 0. The van der Waals surface area contributed by atoms with E-state index in [1.165, 1.54) is 19.3 Å². The van der Waals surface area contributed by atoms with Crippen LogP contribution in [0, 0.1) is 0 Å². The van der Waals surface area contributed by atoms with Crippen molar-refractivity contribution < 1.29 is 14.6 Å². The lowest BCUT2D eigenvalue weighted by Crippen LogP contribution is -2.20. The average Bonchev–Trinajstić information content (AvgIpc) is 2.47. The fraction of sp³-hybridized carbons (Fsp3) is 0.375. The minimum Gasteiger partial charge on any atom is -0.478 e. The van der Waals surface area contributed by atoms with Crippen molar-refractivity contribution in [3.05, 3.63) is 35.9 Å². The first-order chi connectivity index (χ1) is 9.74. The van der Waals surface area contributed by atoms with E-state index in [9.17, 15) is 9.90 Å². The van der Waals surface area contributed by atoms with Gasteiger partial charge in [0.05, 0.1) is 11.1 Å². The molecule has 4 nitrogen and oxygen atoms in total. The van der Waals surface area contributed by atoms with Crippen LogP contribution in [0.15, 0.2) is 30.3 Å². The number of para-hydroxylation sites is 1. The molecule has 1 heterocycles. The average molecular weight is 271 g/mol. The molecule has 1 saturated carbocycles. The molecular weight excluding hydrogens is 254 g/mol. The van der Waals surface area contributed by atoms with Gasteiger partial charge in [-0.05, 0) is 31.7 Å². The van der Waals surface area contributed by atoms with Gasteiger partial charge >= 0.3 is 5.97 Å². The van der Waals surface area contributed by atoms with Crippen molar-refractivity contribution in [1.82, 2.24) is 4.98 Å². The number of hydrogen-bond acceptors (Lipinski definition) is 3. The molecule has 1 N–H and O–H groups in total. The number of pyridine rings is 1. The lowest BCUT2D eigenvalue weighted by molar-refractivity contribution is 0.0697. The van der Waals surface area contributed by atoms with Gasteiger partial charge in [-0.2, -0.15) is 0 Å². The molecule has 3 rings (SSSR count). The van der Waals surface area contributed by atoms with E-state index >= 15 is 0 Å². The molecule has 1 fully saturated rings. The summed E-state index contributed by atoms with van der Waals surface area (Å²) < 4.78 is 5.88. The van der Waals surface area contributed by atoms with Gasteiger partial charge < -0.3 is 9.84 Å². The number of carboxylic acids is 1. The van der Waals surface area contributed by atoms with E-state index in [0.717, 1.165) is 12.8 Å². The maximum absolute atomic E-state index is 11.4. The number of carboxylic acid groups (broad SMARTS) is 1. The smallest absolute Gasteiger partial charge is 0.336 e. The number of benzene rings is 1. The number of ether oxygens (including phenoxy) is 1. The van der Waals surface area contributed by atoms with Crippen LogP contribution in [0.3, 0.4) is 0 Å². The van der Waals surface area contributed by atoms with Gasteiger partial charge in [0.2, 0.25) is 5.88 Å². The third-order valence-corrected chi connectivity index (χ3v) is 3.76. The predicted octanol–water partition coefficient (Wildman–Crippen LogP) is 3.64. The Morgan fingerprint density at radius 1 is 1.20 bits per heavy atom. The summed E-state index contributed by atoms with van der Waals surface area (Å²) in [4.78, 5) is 15.8. The monoisotopic (exact) mass is 271 g/mol. The van der Waals surface area contributed by atoms with Crippen molar-refractivity contribution in [2.24, 2.45) is 0 Å². The first kappa shape index (κ1) is 12.9. The number of nitrogens with zero attached hydrogens (tertiary/aromatic N) is 1. The Morgan fingerprint density at radius 2 is 1.95 bits per heavy atom. The van der Waals surface area contributed by atoms with Gasteiger partial charge in [-0.1, -0.05) is 24.6 Å². The predicted molar refractivity (Wildman–Crippen MR) is 76.2 cm³/mol. The second-order valence-corrected chi connectivity index (χ2v) is 5.21. The Balaban J connectivity index is 1.96. The Hall–Kier alpha value is -2.10. The van der Waals surface area contributed by atoms with Crippen LogP contribution in [0.4, 0.5) is 0 Å². The molecule has 1 aliphatic rings. The molecule has 0 amide bonds. The second kappa shape index (κ2) is 5.49. The van der Waals surface area contributed by atoms with Crippen LogP contribution in [0.1, 0.15) is 42.5 Å². The van der Waals surface area contributed by atoms with Gasteiger partial charge in [0.25, 0.3) is 0 Å². The number of hydrogen-bond donors (Lipinski definition) is 1. The quantitative estimate of drug-likeness (QED) is 0.925. The zero-order valence-electron chi connectivity index (χ0n) is 11.2. The van der Waals surface area contributed by atoms with E-state index in [0.29, 0.717) is 16.8 Å². The molecule has 20 heavy (non-hydrogen) atoms. The Morgan fingerprint density at radius 3 is 2.70 bits per heavy atom. The van der Waals surface area contributed by atoms with Gasteiger partial charge in [-0.15, -0.1) is 0 Å². The number of aromatic carboxylic acids is 1. The molecule has 104 valence electrons. The van der Waals surface area contributed by atoms with Crippen molar-refractivity contribution in [1.29, 1.82) is 0 Å². The molecular formula is C16H17NO3. The number of aromatic nitrogens is 1. The minimum atomic E-state index is -0.947. The summed E-state index contributed by atoms with van der Waals surface area (Å²) in [5.74, 6) is -0.523. The van der Waals surface area contributed by atoms with E-state index in [1.807, 2.05) is 18.2 Å². The lowest BCUT2D eigenvalue weighted by atomic mass is 9.98. The Kier molecular flexibility index (Phi) is 3.54. The summed E-state index contributed by atoms with van der Waals surface area (Å²) in [5, 5.41) is 9.98. The van der Waals surface area contributed by atoms with Crippen LogP contribution in [-0.2, 0) is 0 Å². The zero-order chi connectivity index (χ0) is 13.9. The van der Waals surface area contributed by atoms with Gasteiger partial charge in [-0.3, -0.25) is 0 Å². The molecule has 0 atom stereocenters. The maximum Gasteiger partial charge on any atom is 0.336 e. The van der Waals surface area contributed by atoms with Crippen LogP contribution < -0.4 is 4.74 Å². The summed E-state index contributed by atoms with van der Waals surface area (Å²) in [5.41, 5.74) is 0.916. The fourth-order valence-corrected chi connectivity index (χ4v) is 2.74. The summed E-state index contributed by atoms with van der Waals surface area (Å²) in [6.07, 6.45) is 5.81. The van der Waals surface area contributed by atoms with Crippen molar-refractivity contribution in [2.45, 2.75) is 38.2 Å². The Labute approximate surface area is 117 Å². The molecule has 0 aliphatic heterocycles. The molecule has 1 aromatic heterocycles. The molecule has 0 bridgehead atoms. The van der Waals surface area contributed by atoms with Crippen LogP contribution in [-0.4, -0.2) is 22.2 Å². The maximum atomic E-state index is 11.4. The van der Waals surface area contributed by atoms with Crippen LogP contribution >= 0.6 is 0 Å². The van der Waals surface area contributed by atoms with E-state index < -0.39 is 5.97 Å². The lowest BCUT2D eigenvalue weighted by Gasteiger charge is -2.22. The molecule has 0 unspecified atom stereocenters. The largest absolute Gasteiger partial charge is 0.478 e. The van der Waals surface area contributed by atoms with E-state index in [-0.39, 0.29) is 11.7 Å². The summed E-state index contributed by atoms with van der Waals surface area (Å²) >= 11 is 0. The number of carbonyl (C=O) groups is 1. The highest BCUT2D eigenvalue weighted by Crippen LogP contribution is 2.26. The highest BCUT2D eigenvalue weighted by atomic mass is 16.5. The van der Waals surface area contributed by atoms with Crippen molar-refractivity contribution >= 4 is 16.9 Å².